The van der Waals surface area contributed by atoms with Gasteiger partial charge in [0.05, 0.1) is 5.60 Å². The van der Waals surface area contributed by atoms with Gasteiger partial charge in [0.2, 0.25) is 0 Å². The summed E-state index contributed by atoms with van der Waals surface area (Å²) in [6.07, 6.45) is 4.61. The molecule has 0 amide bonds. The maximum Gasteiger partial charge on any atom is 0.191 e. The molecule has 6 atom stereocenters. The van der Waals surface area contributed by atoms with E-state index < -0.39 is 5.79 Å². The molecule has 1 aliphatic carbocycles. The Hall–Kier alpha value is -0.120. The van der Waals surface area contributed by atoms with Crippen molar-refractivity contribution in [3.05, 3.63) is 0 Å². The zero-order valence-electron chi connectivity index (χ0n) is 11.9. The second-order valence-electron chi connectivity index (χ2n) is 7.51. The van der Waals surface area contributed by atoms with Gasteiger partial charge in [0.15, 0.2) is 12.1 Å². The van der Waals surface area contributed by atoms with E-state index in [4.69, 9.17) is 14.2 Å². The fourth-order valence-corrected chi connectivity index (χ4v) is 5.21. The first-order valence-electron chi connectivity index (χ1n) is 7.43. The predicted molar refractivity (Wildman–Crippen MR) is 66.9 cm³/mol. The molecule has 0 N–H and O–H groups in total. The summed E-state index contributed by atoms with van der Waals surface area (Å²) in [6, 6.07) is 0. The third kappa shape index (κ3) is 1.17. The maximum atomic E-state index is 6.52. The number of hydrogen-bond acceptors (Lipinski definition) is 3. The molecule has 0 aromatic rings. The highest BCUT2D eigenvalue weighted by Crippen LogP contribution is 2.65. The van der Waals surface area contributed by atoms with E-state index >= 15 is 0 Å². The van der Waals surface area contributed by atoms with Crippen LogP contribution in [0.15, 0.2) is 0 Å². The monoisotopic (exact) mass is 252 g/mol. The van der Waals surface area contributed by atoms with Gasteiger partial charge in [0.1, 0.15) is 5.60 Å². The Bertz CT molecular complexity index is 393. The Morgan fingerprint density at radius 2 is 1.78 bits per heavy atom. The normalized spacial score (nSPS) is 60.7. The van der Waals surface area contributed by atoms with Crippen molar-refractivity contribution in [3.63, 3.8) is 0 Å². The molecule has 102 valence electrons. The van der Waals surface area contributed by atoms with Crippen molar-refractivity contribution < 1.29 is 14.2 Å². The first-order valence-corrected chi connectivity index (χ1v) is 7.43. The standard InChI is InChI=1S/C15H24O3/c1-9-5-6-11-13(2,3)16-12-15(11)10(9)7-8-14(4,17-12)18-15/h9-12H,5-8H2,1-4H3/t9-,10+,11+,12-,14-,15-/m1/s1. The van der Waals surface area contributed by atoms with E-state index in [2.05, 4.69) is 27.7 Å². The zero-order chi connectivity index (χ0) is 12.8. The van der Waals surface area contributed by atoms with Crippen LogP contribution in [0, 0.1) is 17.8 Å². The molecule has 0 aromatic carbocycles. The van der Waals surface area contributed by atoms with E-state index in [0.717, 1.165) is 12.3 Å². The van der Waals surface area contributed by atoms with Crippen LogP contribution < -0.4 is 0 Å². The van der Waals surface area contributed by atoms with Gasteiger partial charge < -0.3 is 14.2 Å². The summed E-state index contributed by atoms with van der Waals surface area (Å²) in [5.74, 6) is 1.43. The van der Waals surface area contributed by atoms with E-state index in [1.807, 2.05) is 0 Å². The topological polar surface area (TPSA) is 27.7 Å². The molecular weight excluding hydrogens is 228 g/mol. The minimum absolute atomic E-state index is 0.109. The van der Waals surface area contributed by atoms with Gasteiger partial charge in [0.25, 0.3) is 0 Å². The van der Waals surface area contributed by atoms with Crippen molar-refractivity contribution >= 4 is 0 Å². The summed E-state index contributed by atoms with van der Waals surface area (Å²) in [4.78, 5) is 0. The number of ether oxygens (including phenoxy) is 3. The Morgan fingerprint density at radius 3 is 2.56 bits per heavy atom. The van der Waals surface area contributed by atoms with Crippen molar-refractivity contribution in [1.29, 1.82) is 0 Å². The summed E-state index contributed by atoms with van der Waals surface area (Å²) in [5, 5.41) is 0. The van der Waals surface area contributed by atoms with Crippen LogP contribution in [0.2, 0.25) is 0 Å². The minimum atomic E-state index is -0.396. The van der Waals surface area contributed by atoms with Gasteiger partial charge in [0, 0.05) is 12.3 Å². The Morgan fingerprint density at radius 1 is 1.00 bits per heavy atom. The van der Waals surface area contributed by atoms with Crippen LogP contribution in [0.5, 0.6) is 0 Å². The summed E-state index contributed by atoms with van der Waals surface area (Å²) in [6.45, 7) is 8.87. The minimum Gasteiger partial charge on any atom is -0.343 e. The molecule has 18 heavy (non-hydrogen) atoms. The second-order valence-corrected chi connectivity index (χ2v) is 7.51. The molecule has 0 aromatic heterocycles. The molecule has 1 saturated carbocycles. The highest BCUT2D eigenvalue weighted by Gasteiger charge is 2.74. The van der Waals surface area contributed by atoms with Crippen LogP contribution >= 0.6 is 0 Å². The number of hydrogen-bond donors (Lipinski definition) is 0. The summed E-state index contributed by atoms with van der Waals surface area (Å²) >= 11 is 0. The maximum absolute atomic E-state index is 6.52. The van der Waals surface area contributed by atoms with E-state index in [1.54, 1.807) is 0 Å². The molecule has 3 saturated heterocycles. The van der Waals surface area contributed by atoms with Gasteiger partial charge in [-0.1, -0.05) is 6.92 Å². The van der Waals surface area contributed by atoms with Crippen molar-refractivity contribution in [1.82, 2.24) is 0 Å². The molecule has 4 rings (SSSR count). The van der Waals surface area contributed by atoms with Crippen LogP contribution in [-0.2, 0) is 14.2 Å². The van der Waals surface area contributed by atoms with Crippen molar-refractivity contribution in [3.8, 4) is 0 Å². The summed E-state index contributed by atoms with van der Waals surface area (Å²) < 4.78 is 18.9. The van der Waals surface area contributed by atoms with Crippen molar-refractivity contribution in [2.45, 2.75) is 76.7 Å². The molecule has 1 spiro atoms. The molecule has 4 aliphatic rings. The van der Waals surface area contributed by atoms with E-state index in [1.165, 1.54) is 19.3 Å². The molecule has 3 heterocycles. The summed E-state index contributed by atoms with van der Waals surface area (Å²) in [5.41, 5.74) is -0.268. The van der Waals surface area contributed by atoms with Gasteiger partial charge in [-0.2, -0.15) is 0 Å². The highest BCUT2D eigenvalue weighted by molar-refractivity contribution is 5.16. The van der Waals surface area contributed by atoms with Crippen LogP contribution in [-0.4, -0.2) is 23.3 Å². The molecule has 3 heteroatoms. The average Bonchev–Trinajstić information content (AvgIpc) is 2.56. The van der Waals surface area contributed by atoms with Crippen LogP contribution in [0.25, 0.3) is 0 Å². The molecule has 0 radical (unpaired) electrons. The molecule has 2 bridgehead atoms. The smallest absolute Gasteiger partial charge is 0.191 e. The Kier molecular flexibility index (Phi) is 2.03. The third-order valence-electron chi connectivity index (χ3n) is 6.00. The Labute approximate surface area is 109 Å². The lowest BCUT2D eigenvalue weighted by Gasteiger charge is -2.51. The number of fused-ring (bicyclic) bond motifs is 1. The lowest BCUT2D eigenvalue weighted by Crippen LogP contribution is -2.58. The fraction of sp³-hybridized carbons (Fsp3) is 1.00. The molecule has 0 unspecified atom stereocenters. The highest BCUT2D eigenvalue weighted by atomic mass is 16.8. The SMILES string of the molecule is C[C@@H]1CC[C@H]2C(C)(C)O[C@@H]3O[C@@]4(C)CC[C@@H]1[C@]32O4. The average molecular weight is 252 g/mol. The molecule has 3 nitrogen and oxygen atoms in total. The van der Waals surface area contributed by atoms with Crippen LogP contribution in [0.4, 0.5) is 0 Å². The van der Waals surface area contributed by atoms with Gasteiger partial charge in [-0.05, 0) is 51.9 Å². The molecule has 4 fully saturated rings. The zero-order valence-corrected chi connectivity index (χ0v) is 11.9. The number of rotatable bonds is 0. The van der Waals surface area contributed by atoms with Crippen LogP contribution in [0.1, 0.15) is 53.4 Å². The third-order valence-corrected chi connectivity index (χ3v) is 6.00. The first kappa shape index (κ1) is 11.7. The fourth-order valence-electron chi connectivity index (χ4n) is 5.21. The molecule has 3 aliphatic heterocycles. The van der Waals surface area contributed by atoms with Crippen molar-refractivity contribution in [2.24, 2.45) is 17.8 Å². The van der Waals surface area contributed by atoms with Crippen LogP contribution in [0.3, 0.4) is 0 Å². The predicted octanol–water partition coefficient (Wildman–Crippen LogP) is 3.08. The van der Waals surface area contributed by atoms with E-state index in [0.29, 0.717) is 11.8 Å². The van der Waals surface area contributed by atoms with Crippen molar-refractivity contribution in [2.75, 3.05) is 0 Å². The van der Waals surface area contributed by atoms with Gasteiger partial charge in [-0.3, -0.25) is 0 Å². The lowest BCUT2D eigenvalue weighted by molar-refractivity contribution is -0.266. The van der Waals surface area contributed by atoms with Gasteiger partial charge in [-0.25, -0.2) is 0 Å². The molecular formula is C15H24O3. The second kappa shape index (κ2) is 3.13. The Balaban J connectivity index is 1.84. The van der Waals surface area contributed by atoms with Gasteiger partial charge >= 0.3 is 0 Å². The quantitative estimate of drug-likeness (QED) is 0.663. The van der Waals surface area contributed by atoms with Gasteiger partial charge in [-0.15, -0.1) is 0 Å². The van der Waals surface area contributed by atoms with E-state index in [-0.39, 0.29) is 17.5 Å². The largest absolute Gasteiger partial charge is 0.343 e. The summed E-state index contributed by atoms with van der Waals surface area (Å²) in [7, 11) is 0. The first-order chi connectivity index (χ1) is 8.37. The lowest BCUT2D eigenvalue weighted by atomic mass is 9.59. The van der Waals surface area contributed by atoms with E-state index in [9.17, 15) is 0 Å².